The van der Waals surface area contributed by atoms with Gasteiger partial charge in [0.2, 0.25) is 5.79 Å². The van der Waals surface area contributed by atoms with E-state index in [0.717, 1.165) is 11.3 Å². The Kier molecular flexibility index (Phi) is 2.70. The Morgan fingerprint density at radius 1 is 1.50 bits per heavy atom. The molecular weight excluding hydrogens is 204 g/mol. The molecule has 1 unspecified atom stereocenters. The van der Waals surface area contributed by atoms with Crippen molar-refractivity contribution in [1.29, 1.82) is 0 Å². The lowest BCUT2D eigenvalue weighted by Gasteiger charge is -2.26. The zero-order chi connectivity index (χ0) is 11.6. The second-order valence-corrected chi connectivity index (χ2v) is 4.03. The van der Waals surface area contributed by atoms with Crippen molar-refractivity contribution >= 4 is 5.71 Å². The highest BCUT2D eigenvalue weighted by Crippen LogP contribution is 2.25. The quantitative estimate of drug-likeness (QED) is 0.784. The summed E-state index contributed by atoms with van der Waals surface area (Å²) in [5, 5.41) is 8.77. The van der Waals surface area contributed by atoms with Gasteiger partial charge in [0.1, 0.15) is 0 Å². The normalized spacial score (nSPS) is 24.4. The van der Waals surface area contributed by atoms with Gasteiger partial charge < -0.3 is 0 Å². The molecule has 5 nitrogen and oxygen atoms in total. The SMILES string of the molecule is CC1=NN(Cc2ccccc2)C(N)(N=O)C1. The van der Waals surface area contributed by atoms with Crippen molar-refractivity contribution in [3.05, 3.63) is 40.8 Å². The van der Waals surface area contributed by atoms with E-state index >= 15 is 0 Å². The molecular formula is C11H14N4O. The Labute approximate surface area is 93.9 Å². The molecule has 0 saturated carbocycles. The Morgan fingerprint density at radius 3 is 2.81 bits per heavy atom. The highest BCUT2D eigenvalue weighted by Gasteiger charge is 2.39. The van der Waals surface area contributed by atoms with Crippen molar-refractivity contribution in [2.75, 3.05) is 0 Å². The minimum Gasteiger partial charge on any atom is -0.285 e. The van der Waals surface area contributed by atoms with Gasteiger partial charge in [-0.1, -0.05) is 30.3 Å². The van der Waals surface area contributed by atoms with Gasteiger partial charge in [0.25, 0.3) is 0 Å². The lowest BCUT2D eigenvalue weighted by Crippen LogP contribution is -2.48. The summed E-state index contributed by atoms with van der Waals surface area (Å²) < 4.78 is 0. The van der Waals surface area contributed by atoms with Crippen LogP contribution in [0.2, 0.25) is 0 Å². The predicted octanol–water partition coefficient (Wildman–Crippen LogP) is 1.65. The minimum atomic E-state index is -1.22. The van der Waals surface area contributed by atoms with Crippen LogP contribution >= 0.6 is 0 Å². The highest BCUT2D eigenvalue weighted by molar-refractivity contribution is 5.84. The van der Waals surface area contributed by atoms with E-state index in [-0.39, 0.29) is 0 Å². The maximum Gasteiger partial charge on any atom is 0.245 e. The first-order chi connectivity index (χ1) is 7.64. The van der Waals surface area contributed by atoms with Gasteiger partial charge >= 0.3 is 0 Å². The lowest BCUT2D eigenvalue weighted by atomic mass is 10.2. The third kappa shape index (κ3) is 1.94. The summed E-state index contributed by atoms with van der Waals surface area (Å²) in [5.41, 5.74) is 7.76. The molecule has 1 aliphatic rings. The molecule has 0 bridgehead atoms. The Bertz CT molecular complexity index is 417. The van der Waals surface area contributed by atoms with E-state index in [1.54, 1.807) is 5.01 Å². The maximum atomic E-state index is 10.8. The molecule has 16 heavy (non-hydrogen) atoms. The Hall–Kier alpha value is -1.75. The predicted molar refractivity (Wildman–Crippen MR) is 62.4 cm³/mol. The molecule has 0 fully saturated rings. The van der Waals surface area contributed by atoms with Crippen molar-refractivity contribution < 1.29 is 0 Å². The first kappa shape index (κ1) is 10.8. The summed E-state index contributed by atoms with van der Waals surface area (Å²) in [5.74, 6) is -1.22. The smallest absolute Gasteiger partial charge is 0.245 e. The fourth-order valence-corrected chi connectivity index (χ4v) is 1.80. The molecule has 2 rings (SSSR count). The fraction of sp³-hybridized carbons (Fsp3) is 0.364. The van der Waals surface area contributed by atoms with Crippen molar-refractivity contribution in [2.45, 2.75) is 25.7 Å². The number of hydrogen-bond donors (Lipinski definition) is 1. The zero-order valence-electron chi connectivity index (χ0n) is 9.13. The van der Waals surface area contributed by atoms with E-state index in [0.29, 0.717) is 13.0 Å². The molecule has 1 aromatic carbocycles. The number of rotatable bonds is 3. The van der Waals surface area contributed by atoms with Crippen LogP contribution in [-0.2, 0) is 6.54 Å². The van der Waals surface area contributed by atoms with Gasteiger partial charge in [-0.05, 0) is 17.7 Å². The monoisotopic (exact) mass is 218 g/mol. The van der Waals surface area contributed by atoms with E-state index in [9.17, 15) is 4.91 Å². The standard InChI is InChI=1S/C11H14N4O/c1-9-7-11(12,14-16)15(13-9)8-10-5-3-2-4-6-10/h2-6H,7-8,12H2,1H3. The van der Waals surface area contributed by atoms with E-state index in [1.807, 2.05) is 37.3 Å². The number of hydrazone groups is 1. The molecule has 0 radical (unpaired) electrons. The second-order valence-electron chi connectivity index (χ2n) is 4.03. The topological polar surface area (TPSA) is 71.0 Å². The molecule has 1 heterocycles. The van der Waals surface area contributed by atoms with Crippen LogP contribution in [0, 0.1) is 4.91 Å². The second kappa shape index (κ2) is 4.02. The van der Waals surface area contributed by atoms with Crippen LogP contribution in [0.5, 0.6) is 0 Å². The average Bonchev–Trinajstić information content (AvgIpc) is 2.56. The van der Waals surface area contributed by atoms with Gasteiger partial charge in [-0.25, -0.2) is 5.01 Å². The van der Waals surface area contributed by atoms with Crippen LogP contribution in [0.3, 0.4) is 0 Å². The molecule has 5 heteroatoms. The molecule has 0 amide bonds. The van der Waals surface area contributed by atoms with Gasteiger partial charge in [-0.15, -0.1) is 4.91 Å². The first-order valence-electron chi connectivity index (χ1n) is 5.13. The van der Waals surface area contributed by atoms with Crippen molar-refractivity contribution in [1.82, 2.24) is 5.01 Å². The summed E-state index contributed by atoms with van der Waals surface area (Å²) in [7, 11) is 0. The lowest BCUT2D eigenvalue weighted by molar-refractivity contribution is 0.121. The van der Waals surface area contributed by atoms with Crippen LogP contribution in [0.15, 0.2) is 40.6 Å². The van der Waals surface area contributed by atoms with E-state index in [2.05, 4.69) is 10.3 Å². The molecule has 0 aliphatic carbocycles. The van der Waals surface area contributed by atoms with Crippen molar-refractivity contribution in [3.8, 4) is 0 Å². The summed E-state index contributed by atoms with van der Waals surface area (Å²) in [6, 6.07) is 9.75. The van der Waals surface area contributed by atoms with Gasteiger partial charge in [0, 0.05) is 5.71 Å². The molecule has 2 N–H and O–H groups in total. The molecule has 84 valence electrons. The zero-order valence-corrected chi connectivity index (χ0v) is 9.13. The van der Waals surface area contributed by atoms with Crippen LogP contribution in [0.1, 0.15) is 18.9 Å². The van der Waals surface area contributed by atoms with E-state index < -0.39 is 5.79 Å². The largest absolute Gasteiger partial charge is 0.285 e. The number of nitrogens with zero attached hydrogens (tertiary/aromatic N) is 3. The number of hydrogen-bond acceptors (Lipinski definition) is 5. The van der Waals surface area contributed by atoms with Crippen LogP contribution in [-0.4, -0.2) is 16.5 Å². The average molecular weight is 218 g/mol. The highest BCUT2D eigenvalue weighted by atomic mass is 16.3. The molecule has 0 aromatic heterocycles. The van der Waals surface area contributed by atoms with Gasteiger partial charge in [-0.3, -0.25) is 5.73 Å². The van der Waals surface area contributed by atoms with Crippen LogP contribution < -0.4 is 5.73 Å². The summed E-state index contributed by atoms with van der Waals surface area (Å²) in [6.45, 7) is 2.35. The molecule has 1 aromatic rings. The first-order valence-corrected chi connectivity index (χ1v) is 5.13. The summed E-state index contributed by atoms with van der Waals surface area (Å²) in [4.78, 5) is 10.8. The minimum absolute atomic E-state index is 0.392. The van der Waals surface area contributed by atoms with Crippen LogP contribution in [0.4, 0.5) is 0 Å². The van der Waals surface area contributed by atoms with Gasteiger partial charge in [-0.2, -0.15) is 5.10 Å². The third-order valence-corrected chi connectivity index (χ3v) is 2.59. The van der Waals surface area contributed by atoms with Crippen LogP contribution in [0.25, 0.3) is 0 Å². The summed E-state index contributed by atoms with van der Waals surface area (Å²) in [6.07, 6.45) is 0.392. The number of benzene rings is 1. The third-order valence-electron chi connectivity index (χ3n) is 2.59. The number of nitrogens with two attached hydrogens (primary N) is 1. The Balaban J connectivity index is 2.18. The van der Waals surface area contributed by atoms with Crippen molar-refractivity contribution in [3.63, 3.8) is 0 Å². The number of nitroso groups, excluding NO2 is 1. The van der Waals surface area contributed by atoms with Gasteiger partial charge in [0.15, 0.2) is 0 Å². The molecule has 1 aliphatic heterocycles. The van der Waals surface area contributed by atoms with E-state index in [4.69, 9.17) is 5.73 Å². The molecule has 0 saturated heterocycles. The molecule has 1 atom stereocenters. The van der Waals surface area contributed by atoms with Gasteiger partial charge in [0.05, 0.1) is 13.0 Å². The fourth-order valence-electron chi connectivity index (χ4n) is 1.80. The summed E-state index contributed by atoms with van der Waals surface area (Å²) >= 11 is 0. The maximum absolute atomic E-state index is 10.8. The van der Waals surface area contributed by atoms with Crippen molar-refractivity contribution in [2.24, 2.45) is 16.0 Å². The Morgan fingerprint density at radius 2 is 2.19 bits per heavy atom. The van der Waals surface area contributed by atoms with E-state index in [1.165, 1.54) is 0 Å². The molecule has 0 spiro atoms.